The van der Waals surface area contributed by atoms with Crippen molar-refractivity contribution < 1.29 is 23.5 Å². The Morgan fingerprint density at radius 3 is 2.52 bits per heavy atom. The predicted octanol–water partition coefficient (Wildman–Crippen LogP) is 3.15. The molecule has 3 aromatic rings. The van der Waals surface area contributed by atoms with Gasteiger partial charge in [-0.2, -0.15) is 4.98 Å². The van der Waals surface area contributed by atoms with Gasteiger partial charge < -0.3 is 18.7 Å². The first-order valence-electron chi connectivity index (χ1n) is 7.46. The zero-order chi connectivity index (χ0) is 17.6. The van der Waals surface area contributed by atoms with E-state index in [2.05, 4.69) is 10.1 Å². The van der Waals surface area contributed by atoms with E-state index in [1.807, 2.05) is 24.3 Å². The lowest BCUT2D eigenvalue weighted by Crippen LogP contribution is -1.98. The predicted molar refractivity (Wildman–Crippen MR) is 89.0 cm³/mol. The van der Waals surface area contributed by atoms with Gasteiger partial charge in [-0.1, -0.05) is 5.16 Å². The summed E-state index contributed by atoms with van der Waals surface area (Å²) in [6, 6.07) is 12.2. The summed E-state index contributed by atoms with van der Waals surface area (Å²) < 4.78 is 21.2. The summed E-state index contributed by atoms with van der Waals surface area (Å²) in [6.45, 7) is 0.0833. The molecular weight excluding hydrogens is 324 g/mol. The van der Waals surface area contributed by atoms with E-state index in [9.17, 15) is 4.79 Å². The summed E-state index contributed by atoms with van der Waals surface area (Å²) in [4.78, 5) is 15.1. The fraction of sp³-hybridized carbons (Fsp3) is 0.167. The third kappa shape index (κ3) is 3.77. The lowest BCUT2D eigenvalue weighted by molar-refractivity contribution is 0.112. The molecule has 0 amide bonds. The molecule has 128 valence electrons. The highest BCUT2D eigenvalue weighted by atomic mass is 16.5. The number of benzene rings is 2. The standard InChI is InChI=1S/C18H16N2O5/c1-22-14-6-4-13(5-7-14)18-19-17(25-20-18)11-24-15-8-3-12(10-21)9-16(15)23-2/h3-10H,11H2,1-2H3. The Labute approximate surface area is 144 Å². The van der Waals surface area contributed by atoms with Gasteiger partial charge in [0.15, 0.2) is 18.1 Å². The maximum absolute atomic E-state index is 10.8. The first-order chi connectivity index (χ1) is 12.2. The molecular formula is C18H16N2O5. The van der Waals surface area contributed by atoms with Gasteiger partial charge in [0.2, 0.25) is 5.82 Å². The Kier molecular flexibility index (Phi) is 4.94. The molecule has 0 fully saturated rings. The zero-order valence-corrected chi connectivity index (χ0v) is 13.8. The van der Waals surface area contributed by atoms with Crippen molar-refractivity contribution in [2.24, 2.45) is 0 Å². The number of aromatic nitrogens is 2. The molecule has 0 spiro atoms. The van der Waals surface area contributed by atoms with Crippen LogP contribution in [0.25, 0.3) is 11.4 Å². The number of ether oxygens (including phenoxy) is 3. The van der Waals surface area contributed by atoms with Gasteiger partial charge in [0, 0.05) is 11.1 Å². The summed E-state index contributed by atoms with van der Waals surface area (Å²) in [5.74, 6) is 2.48. The molecule has 0 unspecified atom stereocenters. The van der Waals surface area contributed by atoms with Gasteiger partial charge in [-0.05, 0) is 42.5 Å². The number of carbonyl (C=O) groups is 1. The smallest absolute Gasteiger partial charge is 0.264 e. The maximum Gasteiger partial charge on any atom is 0.264 e. The zero-order valence-electron chi connectivity index (χ0n) is 13.8. The van der Waals surface area contributed by atoms with Crippen LogP contribution in [-0.2, 0) is 6.61 Å². The van der Waals surface area contributed by atoms with Crippen LogP contribution in [0.15, 0.2) is 47.0 Å². The van der Waals surface area contributed by atoms with Gasteiger partial charge in [-0.3, -0.25) is 4.79 Å². The monoisotopic (exact) mass is 340 g/mol. The number of carbonyl (C=O) groups excluding carboxylic acids is 1. The van der Waals surface area contributed by atoms with Crippen LogP contribution in [0.5, 0.6) is 17.2 Å². The third-order valence-electron chi connectivity index (χ3n) is 3.49. The van der Waals surface area contributed by atoms with E-state index in [1.165, 1.54) is 7.11 Å². The molecule has 0 radical (unpaired) electrons. The van der Waals surface area contributed by atoms with Gasteiger partial charge in [0.1, 0.15) is 12.0 Å². The minimum Gasteiger partial charge on any atom is -0.497 e. The SMILES string of the molecule is COc1ccc(-c2noc(COc3ccc(C=O)cc3OC)n2)cc1. The topological polar surface area (TPSA) is 83.7 Å². The molecule has 1 heterocycles. The average Bonchev–Trinajstić information content (AvgIpc) is 3.15. The summed E-state index contributed by atoms with van der Waals surface area (Å²) in [5.41, 5.74) is 1.31. The fourth-order valence-corrected chi connectivity index (χ4v) is 2.19. The lowest BCUT2D eigenvalue weighted by Gasteiger charge is -2.09. The Hall–Kier alpha value is -3.35. The molecule has 3 rings (SSSR count). The largest absolute Gasteiger partial charge is 0.497 e. The van der Waals surface area contributed by atoms with Gasteiger partial charge in [0.25, 0.3) is 5.89 Å². The Bertz CT molecular complexity index is 858. The van der Waals surface area contributed by atoms with Crippen molar-refractivity contribution in [3.63, 3.8) is 0 Å². The Morgan fingerprint density at radius 2 is 1.84 bits per heavy atom. The summed E-state index contributed by atoms with van der Waals surface area (Å²) >= 11 is 0. The second kappa shape index (κ2) is 7.48. The van der Waals surface area contributed by atoms with Crippen molar-refractivity contribution in [1.29, 1.82) is 0 Å². The van der Waals surface area contributed by atoms with Crippen molar-refractivity contribution in [2.75, 3.05) is 14.2 Å². The Balaban J connectivity index is 1.70. The summed E-state index contributed by atoms with van der Waals surface area (Å²) in [7, 11) is 3.11. The van der Waals surface area contributed by atoms with E-state index in [0.29, 0.717) is 28.8 Å². The van der Waals surface area contributed by atoms with Gasteiger partial charge in [-0.15, -0.1) is 0 Å². The molecule has 1 aromatic heterocycles. The van der Waals surface area contributed by atoms with Crippen LogP contribution in [0, 0.1) is 0 Å². The summed E-state index contributed by atoms with van der Waals surface area (Å²) in [6.07, 6.45) is 0.742. The molecule has 0 saturated carbocycles. The molecule has 2 aromatic carbocycles. The van der Waals surface area contributed by atoms with Crippen molar-refractivity contribution in [3.8, 4) is 28.6 Å². The summed E-state index contributed by atoms with van der Waals surface area (Å²) in [5, 5.41) is 3.94. The maximum atomic E-state index is 10.8. The van der Waals surface area contributed by atoms with Gasteiger partial charge >= 0.3 is 0 Å². The minimum absolute atomic E-state index is 0.0833. The van der Waals surface area contributed by atoms with E-state index in [4.69, 9.17) is 18.7 Å². The number of hydrogen-bond donors (Lipinski definition) is 0. The van der Waals surface area contributed by atoms with Gasteiger partial charge in [0.05, 0.1) is 14.2 Å². The second-order valence-corrected chi connectivity index (χ2v) is 5.06. The van der Waals surface area contributed by atoms with E-state index < -0.39 is 0 Å². The molecule has 0 N–H and O–H groups in total. The van der Waals surface area contributed by atoms with E-state index in [-0.39, 0.29) is 6.61 Å². The molecule has 7 heteroatoms. The quantitative estimate of drug-likeness (QED) is 0.611. The highest BCUT2D eigenvalue weighted by Crippen LogP contribution is 2.28. The van der Waals surface area contributed by atoms with Crippen LogP contribution in [0.1, 0.15) is 16.2 Å². The van der Waals surface area contributed by atoms with E-state index in [0.717, 1.165) is 17.6 Å². The number of aldehydes is 1. The fourth-order valence-electron chi connectivity index (χ4n) is 2.19. The molecule has 0 aliphatic rings. The second-order valence-electron chi connectivity index (χ2n) is 5.06. The van der Waals surface area contributed by atoms with Gasteiger partial charge in [-0.25, -0.2) is 0 Å². The molecule has 25 heavy (non-hydrogen) atoms. The third-order valence-corrected chi connectivity index (χ3v) is 3.49. The molecule has 7 nitrogen and oxygen atoms in total. The molecule has 0 bridgehead atoms. The number of rotatable bonds is 7. The highest BCUT2D eigenvalue weighted by Gasteiger charge is 2.11. The molecule has 0 aliphatic carbocycles. The lowest BCUT2D eigenvalue weighted by atomic mass is 10.2. The number of methoxy groups -OCH3 is 2. The number of nitrogens with zero attached hydrogens (tertiary/aromatic N) is 2. The van der Waals surface area contributed by atoms with Crippen LogP contribution in [0.2, 0.25) is 0 Å². The molecule has 0 saturated heterocycles. The first kappa shape index (κ1) is 16.5. The van der Waals surface area contributed by atoms with Crippen molar-refractivity contribution in [2.45, 2.75) is 6.61 Å². The van der Waals surface area contributed by atoms with E-state index in [1.54, 1.807) is 25.3 Å². The minimum atomic E-state index is 0.0833. The van der Waals surface area contributed by atoms with Crippen LogP contribution in [-0.4, -0.2) is 30.6 Å². The first-order valence-corrected chi connectivity index (χ1v) is 7.46. The normalized spacial score (nSPS) is 10.3. The van der Waals surface area contributed by atoms with Crippen LogP contribution in [0.4, 0.5) is 0 Å². The molecule has 0 atom stereocenters. The number of hydrogen-bond acceptors (Lipinski definition) is 7. The van der Waals surface area contributed by atoms with E-state index >= 15 is 0 Å². The van der Waals surface area contributed by atoms with Crippen LogP contribution >= 0.6 is 0 Å². The molecule has 0 aliphatic heterocycles. The Morgan fingerprint density at radius 1 is 1.04 bits per heavy atom. The van der Waals surface area contributed by atoms with Crippen LogP contribution in [0.3, 0.4) is 0 Å². The average molecular weight is 340 g/mol. The van der Waals surface area contributed by atoms with Crippen molar-refractivity contribution >= 4 is 6.29 Å². The highest BCUT2D eigenvalue weighted by molar-refractivity contribution is 5.76. The van der Waals surface area contributed by atoms with Crippen molar-refractivity contribution in [1.82, 2.24) is 10.1 Å². The van der Waals surface area contributed by atoms with Crippen molar-refractivity contribution in [3.05, 3.63) is 53.9 Å². The van der Waals surface area contributed by atoms with Crippen LogP contribution < -0.4 is 14.2 Å².